The number of hydrogen-bond donors (Lipinski definition) is 1. The van der Waals surface area contributed by atoms with E-state index in [1.165, 1.54) is 5.69 Å². The molecule has 0 aliphatic heterocycles. The summed E-state index contributed by atoms with van der Waals surface area (Å²) in [5.41, 5.74) is 5.33. The minimum absolute atomic E-state index is 0.208. The minimum atomic E-state index is -0.208. The number of amides is 1. The predicted octanol–water partition coefficient (Wildman–Crippen LogP) is 4.08. The first kappa shape index (κ1) is 17.7. The Balaban J connectivity index is 1.94. The molecule has 0 aromatic heterocycles. The summed E-state index contributed by atoms with van der Waals surface area (Å²) in [5, 5.41) is 4.03. The maximum absolute atomic E-state index is 11.9. The van der Waals surface area contributed by atoms with E-state index in [-0.39, 0.29) is 5.91 Å². The van der Waals surface area contributed by atoms with Crippen LogP contribution in [0.2, 0.25) is 0 Å². The molecule has 24 heavy (non-hydrogen) atoms. The second kappa shape index (κ2) is 9.50. The van der Waals surface area contributed by atoms with Gasteiger partial charge in [0.05, 0.1) is 6.21 Å². The fourth-order valence-corrected chi connectivity index (χ4v) is 2.50. The van der Waals surface area contributed by atoms with E-state index in [1.54, 1.807) is 18.3 Å². The Morgan fingerprint density at radius 1 is 1.00 bits per heavy atom. The van der Waals surface area contributed by atoms with Crippen molar-refractivity contribution < 1.29 is 4.79 Å². The van der Waals surface area contributed by atoms with E-state index in [0.29, 0.717) is 5.56 Å². The summed E-state index contributed by atoms with van der Waals surface area (Å²) >= 11 is 0. The van der Waals surface area contributed by atoms with Gasteiger partial charge in [-0.15, -0.1) is 0 Å². The largest absolute Gasteiger partial charge is 0.372 e. The molecular formula is C20H25N3O. The van der Waals surface area contributed by atoms with Crippen LogP contribution in [-0.4, -0.2) is 25.2 Å². The highest BCUT2D eigenvalue weighted by atomic mass is 16.2. The third-order valence-electron chi connectivity index (χ3n) is 3.66. The molecule has 0 bridgehead atoms. The summed E-state index contributed by atoms with van der Waals surface area (Å²) in [6.07, 6.45) is 3.93. The van der Waals surface area contributed by atoms with Crippen molar-refractivity contribution in [1.82, 2.24) is 5.43 Å². The van der Waals surface area contributed by atoms with Crippen molar-refractivity contribution in [3.05, 3.63) is 65.7 Å². The molecule has 4 nitrogen and oxygen atoms in total. The van der Waals surface area contributed by atoms with E-state index < -0.39 is 0 Å². The predicted molar refractivity (Wildman–Crippen MR) is 101 cm³/mol. The van der Waals surface area contributed by atoms with E-state index >= 15 is 0 Å². The minimum Gasteiger partial charge on any atom is -0.372 e. The first-order chi connectivity index (χ1) is 11.7. The molecule has 0 saturated heterocycles. The van der Waals surface area contributed by atoms with E-state index in [4.69, 9.17) is 0 Å². The number of hydrazone groups is 1. The van der Waals surface area contributed by atoms with Crippen LogP contribution in [0.4, 0.5) is 5.69 Å². The second-order valence-corrected chi connectivity index (χ2v) is 5.64. The van der Waals surface area contributed by atoms with Crippen LogP contribution in [-0.2, 0) is 0 Å². The first-order valence-corrected chi connectivity index (χ1v) is 8.48. The molecule has 2 rings (SSSR count). The van der Waals surface area contributed by atoms with Gasteiger partial charge in [-0.3, -0.25) is 4.79 Å². The highest BCUT2D eigenvalue weighted by Gasteiger charge is 2.04. The topological polar surface area (TPSA) is 44.7 Å². The van der Waals surface area contributed by atoms with Crippen LogP contribution in [0.5, 0.6) is 0 Å². The van der Waals surface area contributed by atoms with E-state index in [2.05, 4.69) is 41.4 Å². The van der Waals surface area contributed by atoms with Gasteiger partial charge in [0.1, 0.15) is 0 Å². The second-order valence-electron chi connectivity index (χ2n) is 5.64. The van der Waals surface area contributed by atoms with Crippen LogP contribution in [0, 0.1) is 0 Å². The van der Waals surface area contributed by atoms with E-state index in [9.17, 15) is 4.79 Å². The third kappa shape index (κ3) is 5.23. The molecule has 1 amide bonds. The maximum Gasteiger partial charge on any atom is 0.271 e. The summed E-state index contributed by atoms with van der Waals surface area (Å²) in [6, 6.07) is 17.3. The quantitative estimate of drug-likeness (QED) is 0.588. The number of rotatable bonds is 8. The number of carbonyl (C=O) groups is 1. The molecule has 126 valence electrons. The maximum atomic E-state index is 11.9. The fraction of sp³-hybridized carbons (Fsp3) is 0.300. The Labute approximate surface area is 144 Å². The van der Waals surface area contributed by atoms with E-state index in [0.717, 1.165) is 31.5 Å². The summed E-state index contributed by atoms with van der Waals surface area (Å²) in [4.78, 5) is 14.3. The molecule has 0 saturated carbocycles. The Bertz CT molecular complexity index is 644. The standard InChI is InChI=1S/C20H25N3O/c1-3-14-23(15-4-2)19-12-10-17(11-13-19)16-21-22-20(24)18-8-6-5-7-9-18/h5-13,16H,3-4,14-15H2,1-2H3,(H,22,24)/b21-16-. The molecule has 4 heteroatoms. The van der Waals surface area contributed by atoms with Crippen LogP contribution in [0.25, 0.3) is 0 Å². The average molecular weight is 323 g/mol. The van der Waals surface area contributed by atoms with Crippen molar-refractivity contribution in [2.45, 2.75) is 26.7 Å². The lowest BCUT2D eigenvalue weighted by Gasteiger charge is -2.23. The Hall–Kier alpha value is -2.62. The molecule has 0 radical (unpaired) electrons. The molecule has 0 spiro atoms. The zero-order valence-electron chi connectivity index (χ0n) is 14.4. The SMILES string of the molecule is CCCN(CCC)c1ccc(/C=N\NC(=O)c2ccccc2)cc1. The van der Waals surface area contributed by atoms with Crippen molar-refractivity contribution in [3.63, 3.8) is 0 Å². The van der Waals surface area contributed by atoms with Gasteiger partial charge in [-0.1, -0.05) is 44.2 Å². The first-order valence-electron chi connectivity index (χ1n) is 8.48. The summed E-state index contributed by atoms with van der Waals surface area (Å²) in [6.45, 7) is 6.51. The van der Waals surface area contributed by atoms with Crippen molar-refractivity contribution in [2.24, 2.45) is 5.10 Å². The Kier molecular flexibility index (Phi) is 7.02. The van der Waals surface area contributed by atoms with Crippen molar-refractivity contribution in [2.75, 3.05) is 18.0 Å². The molecular weight excluding hydrogens is 298 g/mol. The number of nitrogens with one attached hydrogen (secondary N) is 1. The van der Waals surface area contributed by atoms with Gasteiger partial charge in [0, 0.05) is 24.3 Å². The number of benzene rings is 2. The number of hydrogen-bond acceptors (Lipinski definition) is 3. The van der Waals surface area contributed by atoms with Crippen LogP contribution in [0.3, 0.4) is 0 Å². The molecule has 1 N–H and O–H groups in total. The molecule has 0 atom stereocenters. The molecule has 0 unspecified atom stereocenters. The van der Waals surface area contributed by atoms with Crippen LogP contribution >= 0.6 is 0 Å². The molecule has 0 fully saturated rings. The third-order valence-corrected chi connectivity index (χ3v) is 3.66. The van der Waals surface area contributed by atoms with Crippen molar-refractivity contribution >= 4 is 17.8 Å². The van der Waals surface area contributed by atoms with Crippen molar-refractivity contribution in [3.8, 4) is 0 Å². The number of carbonyl (C=O) groups excluding carboxylic acids is 1. The average Bonchev–Trinajstić information content (AvgIpc) is 2.63. The molecule has 2 aromatic carbocycles. The van der Waals surface area contributed by atoms with Gasteiger partial charge in [0.15, 0.2) is 0 Å². The fourth-order valence-electron chi connectivity index (χ4n) is 2.50. The normalized spacial score (nSPS) is 10.8. The molecule has 2 aromatic rings. The van der Waals surface area contributed by atoms with E-state index in [1.807, 2.05) is 30.3 Å². The van der Waals surface area contributed by atoms with Gasteiger partial charge in [0.2, 0.25) is 0 Å². The summed E-state index contributed by atoms with van der Waals surface area (Å²) in [7, 11) is 0. The summed E-state index contributed by atoms with van der Waals surface area (Å²) < 4.78 is 0. The van der Waals surface area contributed by atoms with Gasteiger partial charge >= 0.3 is 0 Å². The van der Waals surface area contributed by atoms with Gasteiger partial charge in [-0.25, -0.2) is 5.43 Å². The lowest BCUT2D eigenvalue weighted by molar-refractivity contribution is 0.0955. The van der Waals surface area contributed by atoms with Crippen LogP contribution < -0.4 is 10.3 Å². The van der Waals surface area contributed by atoms with Gasteiger partial charge in [0.25, 0.3) is 5.91 Å². The van der Waals surface area contributed by atoms with Crippen molar-refractivity contribution in [1.29, 1.82) is 0 Å². The summed E-state index contributed by atoms with van der Waals surface area (Å²) in [5.74, 6) is -0.208. The van der Waals surface area contributed by atoms with Crippen LogP contribution in [0.15, 0.2) is 59.7 Å². The van der Waals surface area contributed by atoms with Crippen LogP contribution in [0.1, 0.15) is 42.6 Å². The highest BCUT2D eigenvalue weighted by Crippen LogP contribution is 2.15. The zero-order valence-corrected chi connectivity index (χ0v) is 14.4. The van der Waals surface area contributed by atoms with Gasteiger partial charge in [-0.2, -0.15) is 5.10 Å². The monoisotopic (exact) mass is 323 g/mol. The smallest absolute Gasteiger partial charge is 0.271 e. The Morgan fingerprint density at radius 2 is 1.62 bits per heavy atom. The molecule has 0 heterocycles. The number of nitrogens with zero attached hydrogens (tertiary/aromatic N) is 2. The lowest BCUT2D eigenvalue weighted by Crippen LogP contribution is -2.24. The van der Waals surface area contributed by atoms with Gasteiger partial charge < -0.3 is 4.90 Å². The Morgan fingerprint density at radius 3 is 2.21 bits per heavy atom. The lowest BCUT2D eigenvalue weighted by atomic mass is 10.2. The molecule has 0 aliphatic carbocycles. The number of anilines is 1. The zero-order chi connectivity index (χ0) is 17.2. The highest BCUT2D eigenvalue weighted by molar-refractivity contribution is 5.94. The molecule has 0 aliphatic rings. The van der Waals surface area contributed by atoms with Gasteiger partial charge in [-0.05, 0) is 42.7 Å².